The molecule has 0 saturated heterocycles. The summed E-state index contributed by atoms with van der Waals surface area (Å²) in [7, 11) is 20.1. The molecule has 0 rings (SSSR count). The Morgan fingerprint density at radius 2 is 0.857 bits per heavy atom. The number of hydrogen-bond acceptors (Lipinski definition) is 0. The van der Waals surface area contributed by atoms with E-state index in [2.05, 4.69) is 0 Å². The van der Waals surface area contributed by atoms with Gasteiger partial charge in [-0.05, 0) is 0 Å². The third-order valence-corrected chi connectivity index (χ3v) is 0. The smallest absolute Gasteiger partial charge is 0 e. The fourth-order valence-electron chi connectivity index (χ4n) is 0. The van der Waals surface area contributed by atoms with Crippen molar-refractivity contribution in [2.24, 2.45) is 0 Å². The summed E-state index contributed by atoms with van der Waals surface area (Å²) >= 11 is -3.11. The van der Waals surface area contributed by atoms with E-state index in [1.165, 1.54) is 0 Å². The molecule has 0 nitrogen and oxygen atoms in total. The van der Waals surface area contributed by atoms with Crippen LogP contribution < -0.4 is 0 Å². The Balaban J connectivity index is -0.0000000800. The molecule has 0 fully saturated rings. The monoisotopic (exact) mass is 424 g/mol. The molecule has 0 aromatic carbocycles. The molecule has 0 spiro atoms. The van der Waals surface area contributed by atoms with E-state index in [4.69, 9.17) is 37.2 Å². The number of hydrogen-bond donors (Lipinski definition) is 0. The average Bonchev–Trinajstić information content (AvgIpc) is 0.722. The quantitative estimate of drug-likeness (QED) is 0.523. The van der Waals surface area contributed by atoms with E-state index in [1.807, 2.05) is 0 Å². The van der Waals surface area contributed by atoms with Crippen molar-refractivity contribution in [2.75, 3.05) is 0 Å². The minimum Gasteiger partial charge on any atom is 0 e. The van der Waals surface area contributed by atoms with Crippen molar-refractivity contribution in [2.45, 2.75) is 0 Å². The Hall–Kier alpha value is 4.25. The maximum atomic E-state index is 5.01. The average molecular weight is 426 g/mol. The third-order valence-electron chi connectivity index (χ3n) is 0. The fraction of sp³-hybridized carbons (Fsp3) is 0. The van der Waals surface area contributed by atoms with E-state index in [0.29, 0.717) is 0 Å². The van der Waals surface area contributed by atoms with Gasteiger partial charge in [-0.25, -0.2) is 0 Å². The van der Waals surface area contributed by atoms with Gasteiger partial charge in [-0.3, -0.25) is 0 Å². The summed E-state index contributed by atoms with van der Waals surface area (Å²) in [6.45, 7) is 0. The molecule has 0 aromatic rings. The molecule has 0 atom stereocenters. The molecule has 0 aromatic heterocycles. The molecule has 0 saturated carbocycles. The van der Waals surface area contributed by atoms with Crippen LogP contribution in [0.5, 0.6) is 0 Å². The van der Waals surface area contributed by atoms with Crippen LogP contribution in [0.25, 0.3) is 0 Å². The van der Waals surface area contributed by atoms with Crippen LogP contribution in [0.1, 0.15) is 0 Å². The van der Waals surface area contributed by atoms with E-state index < -0.39 is 12.3 Å². The molecule has 7 heteroatoms. The second-order valence-corrected chi connectivity index (χ2v) is 15.9. The summed E-state index contributed by atoms with van der Waals surface area (Å²) < 4.78 is 0. The molecule has 44 valence electrons. The predicted octanol–water partition coefficient (Wildman–Crippen LogP) is 2.37. The largest absolute Gasteiger partial charge is 0 e. The zero-order valence-corrected chi connectivity index (χ0v) is 13.2. The summed E-state index contributed by atoms with van der Waals surface area (Å²) in [5, 5.41) is 0. The summed E-state index contributed by atoms with van der Waals surface area (Å²) in [5.74, 6) is 0. The molecule has 2 radical (unpaired) electrons. The molecule has 0 aliphatic rings. The molecule has 0 N–H and O–H groups in total. The Bertz CT molecular complexity index is 27.2. The molecular weight excluding hydrogens is 426 g/mol. The minimum atomic E-state index is -3.11. The van der Waals surface area contributed by atoms with E-state index in [9.17, 15) is 0 Å². The van der Waals surface area contributed by atoms with Crippen LogP contribution >= 0.6 is 37.2 Å². The maximum absolute atomic E-state index is 5.01. The van der Waals surface area contributed by atoms with Crippen LogP contribution in [0.2, 0.25) is 0 Å². The zero-order valence-electron chi connectivity index (χ0n) is 3.31. The maximum Gasteiger partial charge on any atom is 0 e. The summed E-state index contributed by atoms with van der Waals surface area (Å²) in [4.78, 5) is 0. The number of halogens is 4. The van der Waals surface area contributed by atoms with Crippen molar-refractivity contribution in [1.29, 1.82) is 0 Å². The van der Waals surface area contributed by atoms with Gasteiger partial charge in [-0.2, -0.15) is 0 Å². The van der Waals surface area contributed by atoms with Crippen LogP contribution in [-0.4, -0.2) is 51.4 Å². The van der Waals surface area contributed by atoms with Crippen LogP contribution in [0.4, 0.5) is 0 Å². The first-order chi connectivity index (χ1) is 2.00. The SMILES string of the molecule is [Au].[Cl][Ti]([Cl])([Cl])[Cl].[K]. The molecule has 0 heterocycles. The Kier molecular flexibility index (Phi) is 20.7. The van der Waals surface area contributed by atoms with E-state index in [1.54, 1.807) is 0 Å². The first-order valence-electron chi connectivity index (χ1n) is 0.756. The predicted molar refractivity (Wildman–Crippen MR) is 29.2 cm³/mol. The van der Waals surface area contributed by atoms with Gasteiger partial charge in [-0.1, -0.05) is 0 Å². The topological polar surface area (TPSA) is 0 Å². The van der Waals surface area contributed by atoms with E-state index in [0.717, 1.165) is 0 Å². The van der Waals surface area contributed by atoms with Crippen LogP contribution in [0.15, 0.2) is 0 Å². The zero-order chi connectivity index (χ0) is 4.50. The first-order valence-corrected chi connectivity index (χ1v) is 9.35. The van der Waals surface area contributed by atoms with Gasteiger partial charge in [0.05, 0.1) is 0 Å². The molecule has 0 unspecified atom stereocenters. The molecule has 0 aliphatic carbocycles. The molecule has 0 amide bonds. The fourth-order valence-corrected chi connectivity index (χ4v) is 0. The van der Waals surface area contributed by atoms with Crippen molar-refractivity contribution in [3.05, 3.63) is 0 Å². The van der Waals surface area contributed by atoms with Crippen LogP contribution in [-0.2, 0) is 34.7 Å². The van der Waals surface area contributed by atoms with Crippen molar-refractivity contribution in [1.82, 2.24) is 0 Å². The van der Waals surface area contributed by atoms with E-state index >= 15 is 0 Å². The normalized spacial score (nSPS) is 8.57. The van der Waals surface area contributed by atoms with Crippen molar-refractivity contribution >= 4 is 88.6 Å². The van der Waals surface area contributed by atoms with Crippen LogP contribution in [0.3, 0.4) is 0 Å². The number of rotatable bonds is 0. The van der Waals surface area contributed by atoms with Gasteiger partial charge in [0.2, 0.25) is 0 Å². The van der Waals surface area contributed by atoms with Crippen molar-refractivity contribution < 1.29 is 34.7 Å². The van der Waals surface area contributed by atoms with Crippen LogP contribution in [0, 0.1) is 0 Å². The van der Waals surface area contributed by atoms with Gasteiger partial charge in [-0.15, -0.1) is 0 Å². The van der Waals surface area contributed by atoms with Gasteiger partial charge in [0, 0.05) is 73.8 Å². The van der Waals surface area contributed by atoms with Gasteiger partial charge >= 0.3 is 49.6 Å². The summed E-state index contributed by atoms with van der Waals surface area (Å²) in [6.07, 6.45) is 0. The first kappa shape index (κ1) is 17.4. The summed E-state index contributed by atoms with van der Waals surface area (Å²) in [5.41, 5.74) is 0. The van der Waals surface area contributed by atoms with E-state index in [-0.39, 0.29) is 73.8 Å². The second kappa shape index (κ2) is 8.35. The second-order valence-electron chi connectivity index (χ2n) is 0.429. The Morgan fingerprint density at radius 1 is 0.857 bits per heavy atom. The third kappa shape index (κ3) is 38.6. The Labute approximate surface area is 120 Å². The Morgan fingerprint density at radius 3 is 0.857 bits per heavy atom. The molecule has 0 aliphatic heterocycles. The molecule has 0 bridgehead atoms. The van der Waals surface area contributed by atoms with Crippen molar-refractivity contribution in [3.8, 4) is 0 Å². The standard InChI is InChI=1S/Au.4ClH.K.Ti/h;4*1H;;/q;;;;;;+4/p-4. The van der Waals surface area contributed by atoms with Crippen molar-refractivity contribution in [3.63, 3.8) is 0 Å². The summed E-state index contributed by atoms with van der Waals surface area (Å²) in [6, 6.07) is 0. The molecule has 7 heavy (non-hydrogen) atoms. The van der Waals surface area contributed by atoms with Gasteiger partial charge in [0.25, 0.3) is 0 Å². The van der Waals surface area contributed by atoms with Gasteiger partial charge in [0.15, 0.2) is 0 Å². The minimum absolute atomic E-state index is 0. The van der Waals surface area contributed by atoms with Gasteiger partial charge in [0.1, 0.15) is 0 Å². The van der Waals surface area contributed by atoms with Gasteiger partial charge < -0.3 is 0 Å². The molecular formula is AuCl4KTi.